The molecule has 2 rings (SSSR count). The minimum absolute atomic E-state index is 0. The van der Waals surface area contributed by atoms with Gasteiger partial charge in [-0.2, -0.15) is 5.10 Å². The quantitative estimate of drug-likeness (QED) is 0.299. The summed E-state index contributed by atoms with van der Waals surface area (Å²) in [5.74, 6) is 0.821. The van der Waals surface area contributed by atoms with Gasteiger partial charge in [0.15, 0.2) is 5.96 Å². The van der Waals surface area contributed by atoms with Crippen LogP contribution >= 0.6 is 24.0 Å². The number of rotatable bonds is 7. The minimum atomic E-state index is 0. The van der Waals surface area contributed by atoms with Crippen LogP contribution in [-0.4, -0.2) is 42.0 Å². The highest BCUT2D eigenvalue weighted by atomic mass is 127. The topological polar surface area (TPSA) is 63.5 Å². The Morgan fingerprint density at radius 2 is 2.13 bits per heavy atom. The van der Waals surface area contributed by atoms with Crippen LogP contribution in [0.1, 0.15) is 44.1 Å². The SMILES string of the molecule is CN=C(NCCCOC1CCCCC1)NCc1cnn(C)c1.I. The van der Waals surface area contributed by atoms with Gasteiger partial charge in [0.2, 0.25) is 0 Å². The van der Waals surface area contributed by atoms with E-state index in [1.807, 2.05) is 19.4 Å². The maximum Gasteiger partial charge on any atom is 0.191 e. The molecule has 0 unspecified atom stereocenters. The van der Waals surface area contributed by atoms with Crippen molar-refractivity contribution in [2.24, 2.45) is 12.0 Å². The number of guanidine groups is 1. The van der Waals surface area contributed by atoms with Gasteiger partial charge in [-0.3, -0.25) is 9.67 Å². The van der Waals surface area contributed by atoms with Gasteiger partial charge in [-0.05, 0) is 19.3 Å². The third-order valence-electron chi connectivity index (χ3n) is 3.96. The monoisotopic (exact) mass is 435 g/mol. The molecule has 0 saturated heterocycles. The van der Waals surface area contributed by atoms with Crippen LogP contribution in [0.2, 0.25) is 0 Å². The fourth-order valence-electron chi connectivity index (χ4n) is 2.73. The van der Waals surface area contributed by atoms with Crippen molar-refractivity contribution in [1.29, 1.82) is 0 Å². The molecule has 6 nitrogen and oxygen atoms in total. The van der Waals surface area contributed by atoms with Crippen molar-refractivity contribution in [2.45, 2.75) is 51.2 Å². The van der Waals surface area contributed by atoms with E-state index in [1.54, 1.807) is 11.7 Å². The van der Waals surface area contributed by atoms with Crippen molar-refractivity contribution in [2.75, 3.05) is 20.2 Å². The van der Waals surface area contributed by atoms with E-state index in [0.717, 1.165) is 37.6 Å². The van der Waals surface area contributed by atoms with E-state index in [-0.39, 0.29) is 24.0 Å². The molecule has 0 aromatic carbocycles. The molecule has 1 aliphatic rings. The molecule has 1 aromatic heterocycles. The molecule has 1 saturated carbocycles. The molecule has 1 heterocycles. The summed E-state index contributed by atoms with van der Waals surface area (Å²) in [5.41, 5.74) is 1.14. The summed E-state index contributed by atoms with van der Waals surface area (Å²) in [6.45, 7) is 2.43. The molecule has 1 aliphatic carbocycles. The van der Waals surface area contributed by atoms with Gasteiger partial charge < -0.3 is 15.4 Å². The number of hydrogen-bond acceptors (Lipinski definition) is 3. The Kier molecular flexibility index (Phi) is 10.3. The lowest BCUT2D eigenvalue weighted by Gasteiger charge is -2.22. The minimum Gasteiger partial charge on any atom is -0.378 e. The first-order chi connectivity index (χ1) is 10.8. The van der Waals surface area contributed by atoms with Crippen molar-refractivity contribution < 1.29 is 4.74 Å². The second-order valence-corrected chi connectivity index (χ2v) is 5.86. The first kappa shape index (κ1) is 20.2. The molecule has 1 fully saturated rings. The highest BCUT2D eigenvalue weighted by molar-refractivity contribution is 14.0. The van der Waals surface area contributed by atoms with E-state index in [4.69, 9.17) is 4.74 Å². The van der Waals surface area contributed by atoms with Gasteiger partial charge in [0.05, 0.1) is 12.3 Å². The Bertz CT molecular complexity index is 457. The van der Waals surface area contributed by atoms with E-state index < -0.39 is 0 Å². The second-order valence-electron chi connectivity index (χ2n) is 5.86. The van der Waals surface area contributed by atoms with E-state index in [1.165, 1.54) is 32.1 Å². The molecule has 23 heavy (non-hydrogen) atoms. The third-order valence-corrected chi connectivity index (χ3v) is 3.96. The number of hydrogen-bond donors (Lipinski definition) is 2. The molecule has 0 radical (unpaired) electrons. The zero-order chi connectivity index (χ0) is 15.6. The number of nitrogens with zero attached hydrogens (tertiary/aromatic N) is 3. The maximum absolute atomic E-state index is 5.92. The number of aliphatic imine (C=N–C) groups is 1. The van der Waals surface area contributed by atoms with E-state index in [0.29, 0.717) is 6.10 Å². The molecular weight excluding hydrogens is 405 g/mol. The second kappa shape index (κ2) is 11.7. The van der Waals surface area contributed by atoms with Crippen LogP contribution in [0.15, 0.2) is 17.4 Å². The Morgan fingerprint density at radius 3 is 2.78 bits per heavy atom. The molecule has 0 spiro atoms. The summed E-state index contributed by atoms with van der Waals surface area (Å²) in [4.78, 5) is 4.22. The standard InChI is InChI=1S/C16H29N5O.HI/c1-17-16(19-11-14-12-20-21(2)13-14)18-9-6-10-22-15-7-4-3-5-8-15;/h12-13,15H,3-11H2,1-2H3,(H2,17,18,19);1H. The lowest BCUT2D eigenvalue weighted by atomic mass is 9.98. The van der Waals surface area contributed by atoms with Crippen LogP contribution in [0.3, 0.4) is 0 Å². The normalized spacial score (nSPS) is 16.0. The molecule has 2 N–H and O–H groups in total. The maximum atomic E-state index is 5.92. The van der Waals surface area contributed by atoms with Crippen LogP contribution in [0.4, 0.5) is 0 Å². The summed E-state index contributed by atoms with van der Waals surface area (Å²) < 4.78 is 7.72. The molecule has 0 amide bonds. The molecular formula is C16H30IN5O. The number of aromatic nitrogens is 2. The molecule has 1 aromatic rings. The molecule has 7 heteroatoms. The average molecular weight is 435 g/mol. The van der Waals surface area contributed by atoms with E-state index >= 15 is 0 Å². The molecule has 0 bridgehead atoms. The average Bonchev–Trinajstić information content (AvgIpc) is 2.96. The summed E-state index contributed by atoms with van der Waals surface area (Å²) in [5, 5.41) is 10.8. The summed E-state index contributed by atoms with van der Waals surface area (Å²) >= 11 is 0. The predicted octanol–water partition coefficient (Wildman–Crippen LogP) is 2.44. The first-order valence-corrected chi connectivity index (χ1v) is 8.31. The smallest absolute Gasteiger partial charge is 0.191 e. The molecule has 0 aliphatic heterocycles. The number of nitrogens with one attached hydrogen (secondary N) is 2. The largest absolute Gasteiger partial charge is 0.378 e. The van der Waals surface area contributed by atoms with Crippen LogP contribution in [0.5, 0.6) is 0 Å². The first-order valence-electron chi connectivity index (χ1n) is 8.31. The van der Waals surface area contributed by atoms with Crippen LogP contribution < -0.4 is 10.6 Å². The molecule has 132 valence electrons. The molecule has 0 atom stereocenters. The van der Waals surface area contributed by atoms with Gasteiger partial charge in [-0.25, -0.2) is 0 Å². The van der Waals surface area contributed by atoms with Crippen molar-refractivity contribution in [3.05, 3.63) is 18.0 Å². The Balaban J connectivity index is 0.00000264. The third kappa shape index (κ3) is 8.01. The van der Waals surface area contributed by atoms with Gasteiger partial charge >= 0.3 is 0 Å². The van der Waals surface area contributed by atoms with Gasteiger partial charge in [0, 0.05) is 45.6 Å². The van der Waals surface area contributed by atoms with Gasteiger partial charge in [0.25, 0.3) is 0 Å². The van der Waals surface area contributed by atoms with Gasteiger partial charge in [0.1, 0.15) is 0 Å². The van der Waals surface area contributed by atoms with E-state index in [2.05, 4.69) is 20.7 Å². The lowest BCUT2D eigenvalue weighted by molar-refractivity contribution is 0.0277. The van der Waals surface area contributed by atoms with Crippen molar-refractivity contribution in [3.8, 4) is 0 Å². The van der Waals surface area contributed by atoms with Crippen molar-refractivity contribution in [3.63, 3.8) is 0 Å². The van der Waals surface area contributed by atoms with Crippen molar-refractivity contribution >= 4 is 29.9 Å². The Labute approximate surface area is 156 Å². The Morgan fingerprint density at radius 1 is 1.35 bits per heavy atom. The summed E-state index contributed by atoms with van der Waals surface area (Å²) in [7, 11) is 3.71. The lowest BCUT2D eigenvalue weighted by Crippen LogP contribution is -2.37. The van der Waals surface area contributed by atoms with Gasteiger partial charge in [-0.15, -0.1) is 24.0 Å². The van der Waals surface area contributed by atoms with Crippen LogP contribution in [-0.2, 0) is 18.3 Å². The fraction of sp³-hybridized carbons (Fsp3) is 0.750. The number of halogens is 1. The number of aryl methyl sites for hydroxylation is 1. The zero-order valence-electron chi connectivity index (χ0n) is 14.3. The summed E-state index contributed by atoms with van der Waals surface area (Å²) in [6, 6.07) is 0. The number of ether oxygens (including phenoxy) is 1. The highest BCUT2D eigenvalue weighted by Gasteiger charge is 2.12. The Hall–Kier alpha value is -0.830. The fourth-order valence-corrected chi connectivity index (χ4v) is 2.73. The van der Waals surface area contributed by atoms with E-state index in [9.17, 15) is 0 Å². The summed E-state index contributed by atoms with van der Waals surface area (Å²) in [6.07, 6.45) is 11.9. The zero-order valence-corrected chi connectivity index (χ0v) is 16.6. The van der Waals surface area contributed by atoms with Crippen molar-refractivity contribution in [1.82, 2.24) is 20.4 Å². The van der Waals surface area contributed by atoms with Gasteiger partial charge in [-0.1, -0.05) is 19.3 Å². The predicted molar refractivity (Wildman–Crippen MR) is 104 cm³/mol. The highest BCUT2D eigenvalue weighted by Crippen LogP contribution is 2.20. The van der Waals surface area contributed by atoms with Crippen LogP contribution in [0.25, 0.3) is 0 Å². The van der Waals surface area contributed by atoms with Crippen LogP contribution in [0, 0.1) is 0 Å².